The summed E-state index contributed by atoms with van der Waals surface area (Å²) < 4.78 is 3.63. The summed E-state index contributed by atoms with van der Waals surface area (Å²) in [7, 11) is 3.72. The number of aryl methyl sites for hydroxylation is 2. The molecule has 0 bridgehead atoms. The van der Waals surface area contributed by atoms with Crippen LogP contribution in [-0.4, -0.2) is 22.0 Å². The second kappa shape index (κ2) is 16.3. The molecular weight excluding hydrogens is 686 g/mol. The maximum absolute atomic E-state index is 11.7. The summed E-state index contributed by atoms with van der Waals surface area (Å²) in [5.41, 5.74) is 0. The highest BCUT2D eigenvalue weighted by molar-refractivity contribution is 5.98. The molecule has 0 aliphatic carbocycles. The van der Waals surface area contributed by atoms with Crippen molar-refractivity contribution in [3.63, 3.8) is 0 Å². The quantitative estimate of drug-likeness (QED) is 0.135. The molecule has 0 aliphatic rings. The molecular formula is C24H26I2N8O2. The number of nitrogens with one attached hydrogen (secondary N) is 4. The Bertz CT molecular complexity index is 1130. The Morgan fingerprint density at radius 3 is 1.31 bits per heavy atom. The molecule has 4 amide bonds. The summed E-state index contributed by atoms with van der Waals surface area (Å²) in [6, 6.07) is 21.2. The van der Waals surface area contributed by atoms with Crippen LogP contribution in [0.2, 0.25) is 0 Å². The Kier molecular flexibility index (Phi) is 13.9. The molecule has 36 heavy (non-hydrogen) atoms. The highest BCUT2D eigenvalue weighted by Gasteiger charge is 2.12. The van der Waals surface area contributed by atoms with E-state index in [1.807, 2.05) is 84.2 Å². The van der Waals surface area contributed by atoms with Crippen LogP contribution in [0.15, 0.2) is 97.6 Å². The minimum Gasteiger partial charge on any atom is -1.00 e. The Hall–Kier alpha value is -3.40. The van der Waals surface area contributed by atoms with Gasteiger partial charge >= 0.3 is 12.1 Å². The van der Waals surface area contributed by atoms with E-state index < -0.39 is 0 Å². The average Bonchev–Trinajstić information content (AvgIpc) is 2.84. The van der Waals surface area contributed by atoms with E-state index in [2.05, 4.69) is 31.2 Å². The van der Waals surface area contributed by atoms with Crippen molar-refractivity contribution in [2.45, 2.75) is 0 Å². The highest BCUT2D eigenvalue weighted by atomic mass is 127. The van der Waals surface area contributed by atoms with Gasteiger partial charge in [-0.05, 0) is 36.4 Å². The van der Waals surface area contributed by atoms with Crippen molar-refractivity contribution >= 4 is 35.3 Å². The predicted octanol–water partition coefficient (Wildman–Crippen LogP) is -2.89. The summed E-state index contributed by atoms with van der Waals surface area (Å²) in [6.45, 7) is 0. The number of urea groups is 2. The number of rotatable bonds is 4. The van der Waals surface area contributed by atoms with Gasteiger partial charge in [0, 0.05) is 24.5 Å². The molecule has 4 rings (SSSR count). The Balaban J connectivity index is 0.000000341. The summed E-state index contributed by atoms with van der Waals surface area (Å²) in [5, 5.41) is 10.7. The minimum absolute atomic E-state index is 0. The molecule has 4 aromatic rings. The molecule has 0 aromatic carbocycles. The van der Waals surface area contributed by atoms with Crippen LogP contribution in [0, 0.1) is 0 Å². The Labute approximate surface area is 243 Å². The molecule has 12 heteroatoms. The number of anilines is 4. The molecule has 4 heterocycles. The fourth-order valence-electron chi connectivity index (χ4n) is 2.71. The van der Waals surface area contributed by atoms with E-state index in [1.165, 1.54) is 0 Å². The largest absolute Gasteiger partial charge is 1.00 e. The van der Waals surface area contributed by atoms with Gasteiger partial charge in [0.1, 0.15) is 11.6 Å². The molecule has 188 valence electrons. The monoisotopic (exact) mass is 712 g/mol. The van der Waals surface area contributed by atoms with Crippen LogP contribution in [0.4, 0.5) is 32.9 Å². The topological polar surface area (TPSA) is 116 Å². The summed E-state index contributed by atoms with van der Waals surface area (Å²) in [5.74, 6) is 2.45. The first kappa shape index (κ1) is 30.6. The lowest BCUT2D eigenvalue weighted by atomic mass is 10.4. The van der Waals surface area contributed by atoms with Crippen molar-refractivity contribution in [2.75, 3.05) is 21.3 Å². The predicted molar refractivity (Wildman–Crippen MR) is 129 cm³/mol. The third-order valence-corrected chi connectivity index (χ3v) is 4.41. The zero-order valence-electron chi connectivity index (χ0n) is 19.6. The standard InChI is InChI=1S/2C12H12N4O.2HI/c2*1-16-9-5-3-7-11(16)15-12(17)14-10-6-2-4-8-13-10;;/h2*2-9H,1H3,(H,13,14,17);2*1H. The van der Waals surface area contributed by atoms with Crippen LogP contribution >= 0.6 is 0 Å². The van der Waals surface area contributed by atoms with Gasteiger partial charge in [0.05, 0.1) is 26.5 Å². The summed E-state index contributed by atoms with van der Waals surface area (Å²) >= 11 is 0. The molecule has 0 atom stereocenters. The number of hydrogen-bond donors (Lipinski definition) is 4. The molecule has 0 radical (unpaired) electrons. The number of pyridine rings is 4. The van der Waals surface area contributed by atoms with Gasteiger partial charge in [-0.15, -0.1) is 0 Å². The van der Waals surface area contributed by atoms with E-state index >= 15 is 0 Å². The van der Waals surface area contributed by atoms with Crippen LogP contribution in [0.1, 0.15) is 0 Å². The van der Waals surface area contributed by atoms with Gasteiger partial charge in [0.25, 0.3) is 11.6 Å². The number of hydrogen-bond acceptors (Lipinski definition) is 4. The normalized spacial score (nSPS) is 9.17. The van der Waals surface area contributed by atoms with Crippen LogP contribution in [0.25, 0.3) is 0 Å². The molecule has 0 unspecified atom stereocenters. The van der Waals surface area contributed by atoms with Crippen molar-refractivity contribution in [3.8, 4) is 0 Å². The third-order valence-electron chi connectivity index (χ3n) is 4.41. The highest BCUT2D eigenvalue weighted by Crippen LogP contribution is 2.03. The lowest BCUT2D eigenvalue weighted by Gasteiger charge is -2.02. The van der Waals surface area contributed by atoms with E-state index in [1.54, 1.807) is 36.7 Å². The first-order chi connectivity index (χ1) is 16.5. The van der Waals surface area contributed by atoms with Gasteiger partial charge in [0.2, 0.25) is 0 Å². The van der Waals surface area contributed by atoms with Gasteiger partial charge in [-0.3, -0.25) is 10.6 Å². The van der Waals surface area contributed by atoms with Gasteiger partial charge in [-0.25, -0.2) is 28.7 Å². The van der Waals surface area contributed by atoms with Crippen LogP contribution in [0.5, 0.6) is 0 Å². The zero-order chi connectivity index (χ0) is 24.2. The van der Waals surface area contributed by atoms with Crippen LogP contribution in [-0.2, 0) is 14.1 Å². The zero-order valence-corrected chi connectivity index (χ0v) is 23.9. The van der Waals surface area contributed by atoms with Crippen molar-refractivity contribution in [1.82, 2.24) is 9.97 Å². The van der Waals surface area contributed by atoms with Gasteiger partial charge in [-0.2, -0.15) is 10.6 Å². The second-order valence-corrected chi connectivity index (χ2v) is 6.98. The molecule has 10 nitrogen and oxygen atoms in total. The smallest absolute Gasteiger partial charge is 0.412 e. The Morgan fingerprint density at radius 1 is 0.583 bits per heavy atom. The first-order valence-corrected chi connectivity index (χ1v) is 10.4. The van der Waals surface area contributed by atoms with Gasteiger partial charge in [-0.1, -0.05) is 24.3 Å². The molecule has 0 saturated heterocycles. The van der Waals surface area contributed by atoms with E-state index in [0.717, 1.165) is 0 Å². The van der Waals surface area contributed by atoms with E-state index in [0.29, 0.717) is 23.3 Å². The third kappa shape index (κ3) is 10.5. The van der Waals surface area contributed by atoms with Crippen molar-refractivity contribution in [3.05, 3.63) is 97.6 Å². The summed E-state index contributed by atoms with van der Waals surface area (Å²) in [4.78, 5) is 31.3. The maximum Gasteiger partial charge on any atom is 0.412 e. The van der Waals surface area contributed by atoms with Crippen LogP contribution < -0.4 is 78.4 Å². The SMILES string of the molecule is C[n+]1ccccc1NC(=O)Nc1ccccn1.C[n+]1ccccc1NC(=O)Nc1ccccn1.[I-].[I-]. The van der Waals surface area contributed by atoms with E-state index in [9.17, 15) is 9.59 Å². The van der Waals surface area contributed by atoms with Gasteiger partial charge < -0.3 is 48.0 Å². The van der Waals surface area contributed by atoms with E-state index in [4.69, 9.17) is 0 Å². The molecule has 4 N–H and O–H groups in total. The van der Waals surface area contributed by atoms with Crippen molar-refractivity contribution in [2.24, 2.45) is 14.1 Å². The molecule has 0 aliphatic heterocycles. The first-order valence-electron chi connectivity index (χ1n) is 10.4. The molecule has 0 saturated carbocycles. The maximum atomic E-state index is 11.7. The number of nitrogens with zero attached hydrogens (tertiary/aromatic N) is 4. The van der Waals surface area contributed by atoms with E-state index in [-0.39, 0.29) is 60.0 Å². The Morgan fingerprint density at radius 2 is 0.972 bits per heavy atom. The number of carbonyl (C=O) groups is 2. The van der Waals surface area contributed by atoms with Crippen molar-refractivity contribution < 1.29 is 66.7 Å². The second-order valence-electron chi connectivity index (χ2n) is 6.98. The van der Waals surface area contributed by atoms with Crippen LogP contribution in [0.3, 0.4) is 0 Å². The lowest BCUT2D eigenvalue weighted by Crippen LogP contribution is -3.00. The number of amides is 4. The molecule has 0 spiro atoms. The van der Waals surface area contributed by atoms with Crippen molar-refractivity contribution in [1.29, 1.82) is 0 Å². The lowest BCUT2D eigenvalue weighted by molar-refractivity contribution is -0.657. The molecule has 4 aromatic heterocycles. The average molecular weight is 712 g/mol. The fourth-order valence-corrected chi connectivity index (χ4v) is 2.71. The number of carbonyl (C=O) groups excluding carboxylic acids is 2. The van der Waals surface area contributed by atoms with Gasteiger partial charge in [0.15, 0.2) is 0 Å². The summed E-state index contributed by atoms with van der Waals surface area (Å²) in [6.07, 6.45) is 6.96. The minimum atomic E-state index is -0.314. The number of aromatic nitrogens is 4. The fraction of sp³-hybridized carbons (Fsp3) is 0.0833. The molecule has 0 fully saturated rings. The number of halogens is 2.